The van der Waals surface area contributed by atoms with E-state index >= 15 is 0 Å². The monoisotopic (exact) mass is 837 g/mol. The zero-order valence-electron chi connectivity index (χ0n) is 35.0. The minimum absolute atomic E-state index is 0.0239. The van der Waals surface area contributed by atoms with Gasteiger partial charge in [-0.2, -0.15) is 0 Å². The van der Waals surface area contributed by atoms with Crippen LogP contribution in [0.1, 0.15) is 72.2 Å². The predicted molar refractivity (Wildman–Crippen MR) is 243 cm³/mol. The van der Waals surface area contributed by atoms with Crippen LogP contribution >= 0.6 is 0 Å². The van der Waals surface area contributed by atoms with Gasteiger partial charge >= 0.3 is 11.9 Å². The van der Waals surface area contributed by atoms with Crippen LogP contribution in [0.4, 0.5) is 0 Å². The van der Waals surface area contributed by atoms with Gasteiger partial charge in [0, 0.05) is 45.8 Å². The van der Waals surface area contributed by atoms with E-state index in [2.05, 4.69) is 78.1 Å². The van der Waals surface area contributed by atoms with E-state index in [0.29, 0.717) is 11.4 Å². The lowest BCUT2D eigenvalue weighted by atomic mass is 9.98. The van der Waals surface area contributed by atoms with E-state index < -0.39 is 28.8 Å². The van der Waals surface area contributed by atoms with Crippen LogP contribution in [-0.2, 0) is 22.6 Å². The van der Waals surface area contributed by atoms with Gasteiger partial charge in [-0.05, 0) is 36.4 Å². The Morgan fingerprint density at radius 1 is 0.672 bits per heavy atom. The Kier molecular flexibility index (Phi) is 11.9. The van der Waals surface area contributed by atoms with E-state index in [1.165, 1.54) is 0 Å². The molecule has 61 heavy (non-hydrogen) atoms. The molecule has 4 heterocycles. The second-order valence-electron chi connectivity index (χ2n) is 16.2. The number of imidazole rings is 2. The Morgan fingerprint density at radius 2 is 1.15 bits per heavy atom. The number of aliphatic imine (C=N–C) groups is 2. The molecule has 303 valence electrons. The smallest absolute Gasteiger partial charge is 0.358 e. The van der Waals surface area contributed by atoms with Crippen LogP contribution in [0.2, 0.25) is 38.8 Å². The minimum atomic E-state index is -1.60. The van der Waals surface area contributed by atoms with Crippen LogP contribution in [-0.4, -0.2) is 72.5 Å². The normalized spacial score (nSPS) is 12.7. The molecule has 2 aliphatic rings. The maximum absolute atomic E-state index is 13.5. The minimum Gasteiger partial charge on any atom is -0.461 e. The molecule has 2 aromatic heterocycles. The van der Waals surface area contributed by atoms with Gasteiger partial charge in [-0.1, -0.05) is 105 Å². The SMILES string of the molecule is C[Si](C)CC#Cc1ccc2c(c1)C(c1ccccc1)=NCc1c(C(=O)OCCCOC(=O)c3ncn4c3CN=C(c3ccccc3)c3cc(C#C[Si](C)(C)C)ccc3-4)ncn1-2. The first-order valence-electron chi connectivity index (χ1n) is 20.3. The molecule has 1 radical (unpaired) electrons. The van der Waals surface area contributed by atoms with Gasteiger partial charge in [-0.25, -0.2) is 19.6 Å². The van der Waals surface area contributed by atoms with Crippen molar-refractivity contribution in [1.82, 2.24) is 19.1 Å². The average Bonchev–Trinajstić information content (AvgIpc) is 3.79. The summed E-state index contributed by atoms with van der Waals surface area (Å²) in [4.78, 5) is 46.0. The van der Waals surface area contributed by atoms with E-state index in [0.717, 1.165) is 62.2 Å². The molecule has 0 aliphatic carbocycles. The van der Waals surface area contributed by atoms with Crippen molar-refractivity contribution in [2.24, 2.45) is 9.98 Å². The number of esters is 2. The molecule has 8 rings (SSSR count). The molecule has 10 nitrogen and oxygen atoms in total. The molecular formula is C49H45N6O4Si2. The molecule has 0 saturated heterocycles. The Hall–Kier alpha value is -6.87. The molecule has 0 atom stereocenters. The predicted octanol–water partition coefficient (Wildman–Crippen LogP) is 8.50. The van der Waals surface area contributed by atoms with Gasteiger partial charge in [0.05, 0.1) is 69.3 Å². The zero-order valence-corrected chi connectivity index (χ0v) is 37.0. The summed E-state index contributed by atoms with van der Waals surface area (Å²) in [5.41, 5.74) is 14.0. The first-order valence-corrected chi connectivity index (χ1v) is 26.5. The number of benzene rings is 4. The highest BCUT2D eigenvalue weighted by Crippen LogP contribution is 2.30. The van der Waals surface area contributed by atoms with E-state index in [9.17, 15) is 9.59 Å². The fourth-order valence-electron chi connectivity index (χ4n) is 7.10. The van der Waals surface area contributed by atoms with Gasteiger partial charge in [-0.3, -0.25) is 19.1 Å². The summed E-state index contributed by atoms with van der Waals surface area (Å²) in [5, 5.41) is 0. The van der Waals surface area contributed by atoms with E-state index in [-0.39, 0.29) is 44.1 Å². The number of fused-ring (bicyclic) bond motifs is 6. The molecule has 0 amide bonds. The summed E-state index contributed by atoms with van der Waals surface area (Å²) in [6.07, 6.45) is 3.57. The zero-order chi connectivity index (χ0) is 42.5. The molecule has 6 aromatic rings. The van der Waals surface area contributed by atoms with Crippen molar-refractivity contribution in [2.45, 2.75) is 58.3 Å². The van der Waals surface area contributed by atoms with Crippen molar-refractivity contribution in [3.63, 3.8) is 0 Å². The van der Waals surface area contributed by atoms with Crippen molar-refractivity contribution < 1.29 is 19.1 Å². The third kappa shape index (κ3) is 9.16. The number of carbonyl (C=O) groups excluding carboxylic acids is 2. The summed E-state index contributed by atoms with van der Waals surface area (Å²) in [7, 11) is -2.06. The van der Waals surface area contributed by atoms with Crippen molar-refractivity contribution in [2.75, 3.05) is 13.2 Å². The summed E-state index contributed by atoms with van der Waals surface area (Å²) < 4.78 is 15.2. The Bertz CT molecular complexity index is 2830. The average molecular weight is 838 g/mol. The number of hydrogen-bond acceptors (Lipinski definition) is 8. The largest absolute Gasteiger partial charge is 0.461 e. The van der Waals surface area contributed by atoms with Crippen molar-refractivity contribution >= 4 is 40.2 Å². The Morgan fingerprint density at radius 3 is 1.61 bits per heavy atom. The number of hydrogen-bond donors (Lipinski definition) is 0. The maximum Gasteiger partial charge on any atom is 0.358 e. The van der Waals surface area contributed by atoms with Gasteiger partial charge in [0.25, 0.3) is 0 Å². The summed E-state index contributed by atoms with van der Waals surface area (Å²) >= 11 is 0. The van der Waals surface area contributed by atoms with Gasteiger partial charge in [0.2, 0.25) is 0 Å². The van der Waals surface area contributed by atoms with Crippen LogP contribution in [0.5, 0.6) is 0 Å². The molecule has 0 saturated carbocycles. The summed E-state index contributed by atoms with van der Waals surface area (Å²) in [6, 6.07) is 33.1. The standard InChI is InChI=1S/C49H45N6O4Si2/c1-60(2)26-12-14-34-19-21-40-38(28-34)44(36-15-8-6-9-16-36)50-30-42-46(52-32-54(40)42)48(56)58-24-13-25-59-49(57)47-43-31-51-45(37-17-10-7-11-18-37)39-29-35(23-27-61(3,4)5)20-22-41(39)55(43)33-53-47/h6-11,15-22,28-29,32-33H,13,24-26,30-31H2,1-5H3. The highest BCUT2D eigenvalue weighted by atomic mass is 28.3. The fraction of sp³-hybridized carbons (Fsp3) is 0.224. The molecule has 4 aromatic carbocycles. The molecular weight excluding hydrogens is 793 g/mol. The van der Waals surface area contributed by atoms with Crippen LogP contribution in [0.25, 0.3) is 11.4 Å². The van der Waals surface area contributed by atoms with Gasteiger partial charge in [0.1, 0.15) is 20.7 Å². The fourth-order valence-corrected chi connectivity index (χ4v) is 8.07. The van der Waals surface area contributed by atoms with Crippen molar-refractivity contribution in [3.8, 4) is 34.7 Å². The lowest BCUT2D eigenvalue weighted by Gasteiger charge is -2.13. The third-order valence-corrected chi connectivity index (χ3v) is 11.8. The van der Waals surface area contributed by atoms with Crippen LogP contribution in [0, 0.1) is 23.3 Å². The van der Waals surface area contributed by atoms with Crippen LogP contribution in [0.15, 0.2) is 120 Å². The maximum atomic E-state index is 13.5. The topological polar surface area (TPSA) is 113 Å². The lowest BCUT2D eigenvalue weighted by molar-refractivity contribution is 0.0388. The molecule has 0 bridgehead atoms. The third-order valence-electron chi connectivity index (χ3n) is 10.0. The molecule has 12 heteroatoms. The lowest BCUT2D eigenvalue weighted by Crippen LogP contribution is -2.16. The first kappa shape index (κ1) is 40.9. The Labute approximate surface area is 359 Å². The first-order chi connectivity index (χ1) is 29.5. The number of carbonyl (C=O) groups is 2. The second kappa shape index (κ2) is 17.8. The molecule has 0 fully saturated rings. The van der Waals surface area contributed by atoms with Gasteiger partial charge in [-0.15, -0.1) is 11.5 Å². The summed E-state index contributed by atoms with van der Waals surface area (Å²) in [6.45, 7) is 11.7. The Balaban J connectivity index is 0.950. The molecule has 2 aliphatic heterocycles. The number of aromatic nitrogens is 4. The number of nitrogens with zero attached hydrogens (tertiary/aromatic N) is 6. The van der Waals surface area contributed by atoms with Crippen molar-refractivity contribution in [3.05, 3.63) is 166 Å². The van der Waals surface area contributed by atoms with Crippen molar-refractivity contribution in [1.29, 1.82) is 0 Å². The second-order valence-corrected chi connectivity index (χ2v) is 23.7. The quantitative estimate of drug-likeness (QED) is 0.0625. The molecule has 0 unspecified atom stereocenters. The summed E-state index contributed by atoms with van der Waals surface area (Å²) in [5.74, 6) is 8.88. The number of ether oxygens (including phenoxy) is 2. The van der Waals surface area contributed by atoms with Gasteiger partial charge < -0.3 is 9.47 Å². The molecule has 0 spiro atoms. The van der Waals surface area contributed by atoms with E-state index in [4.69, 9.17) is 19.5 Å². The van der Waals surface area contributed by atoms with Crippen LogP contribution < -0.4 is 0 Å². The van der Waals surface area contributed by atoms with E-state index in [1.807, 2.05) is 94.1 Å². The highest BCUT2D eigenvalue weighted by molar-refractivity contribution is 6.83. The molecule has 0 N–H and O–H groups in total. The highest BCUT2D eigenvalue weighted by Gasteiger charge is 2.27. The number of rotatable bonds is 9. The van der Waals surface area contributed by atoms with Gasteiger partial charge in [0.15, 0.2) is 11.4 Å². The van der Waals surface area contributed by atoms with E-state index in [1.54, 1.807) is 12.7 Å². The van der Waals surface area contributed by atoms with Crippen LogP contribution in [0.3, 0.4) is 0 Å².